The van der Waals surface area contributed by atoms with E-state index < -0.39 is 10.0 Å². The molecule has 0 amide bonds. The number of rotatable bonds is 3. The monoisotopic (exact) mass is 381 g/mol. The Hall–Kier alpha value is -3.13. The first-order valence-corrected chi connectivity index (χ1v) is 9.88. The fraction of sp³-hybridized carbons (Fsp3) is 0.105. The van der Waals surface area contributed by atoms with Crippen LogP contribution in [0.4, 0.5) is 4.39 Å². The summed E-state index contributed by atoms with van der Waals surface area (Å²) in [5.41, 5.74) is 2.59. The van der Waals surface area contributed by atoms with Crippen molar-refractivity contribution in [2.75, 3.05) is 6.26 Å². The van der Waals surface area contributed by atoms with E-state index in [1.165, 1.54) is 18.5 Å². The number of hydrogen-bond acceptors (Lipinski definition) is 5. The molecule has 1 radical (unpaired) electrons. The predicted molar refractivity (Wildman–Crippen MR) is 100.0 cm³/mol. The standard InChI is InChI=1S/C19H14FN4O2S/c1-12-7-8-16(20)15(9-12)13-10-21-19(22-11-13)18-14-5-3-4-6-17(14)24(23-18)27(2,25)26/h4-11H,1-2H3. The van der Waals surface area contributed by atoms with Crippen LogP contribution in [0, 0.1) is 18.8 Å². The molecule has 2 heterocycles. The zero-order valence-corrected chi connectivity index (χ0v) is 15.3. The number of halogens is 1. The molecule has 0 saturated carbocycles. The Bertz CT molecular complexity index is 1260. The summed E-state index contributed by atoms with van der Waals surface area (Å²) in [4.78, 5) is 8.56. The van der Waals surface area contributed by atoms with E-state index in [4.69, 9.17) is 0 Å². The Balaban J connectivity index is 1.85. The molecule has 2 aromatic heterocycles. The Morgan fingerprint density at radius 2 is 1.89 bits per heavy atom. The van der Waals surface area contributed by atoms with Gasteiger partial charge in [0, 0.05) is 28.9 Å². The maximum absolute atomic E-state index is 14.1. The fourth-order valence-electron chi connectivity index (χ4n) is 2.84. The van der Waals surface area contributed by atoms with Gasteiger partial charge < -0.3 is 0 Å². The smallest absolute Gasteiger partial charge is 0.234 e. The highest BCUT2D eigenvalue weighted by Crippen LogP contribution is 2.28. The first-order chi connectivity index (χ1) is 12.8. The van der Waals surface area contributed by atoms with Crippen LogP contribution in [-0.2, 0) is 10.0 Å². The lowest BCUT2D eigenvalue weighted by molar-refractivity contribution is 0.588. The van der Waals surface area contributed by atoms with Gasteiger partial charge in [0.15, 0.2) is 5.82 Å². The Morgan fingerprint density at radius 1 is 1.15 bits per heavy atom. The minimum Gasteiger partial charge on any atom is -0.234 e. The molecule has 0 bridgehead atoms. The van der Waals surface area contributed by atoms with Crippen LogP contribution in [0.5, 0.6) is 0 Å². The van der Waals surface area contributed by atoms with Crippen LogP contribution < -0.4 is 0 Å². The summed E-state index contributed by atoms with van der Waals surface area (Å²) in [6, 6.07) is 12.6. The van der Waals surface area contributed by atoms with Gasteiger partial charge in [-0.3, -0.25) is 0 Å². The van der Waals surface area contributed by atoms with E-state index in [0.717, 1.165) is 15.9 Å². The van der Waals surface area contributed by atoms with Gasteiger partial charge in [-0.2, -0.15) is 9.19 Å². The molecule has 0 spiro atoms. The van der Waals surface area contributed by atoms with Gasteiger partial charge in [-0.05, 0) is 37.3 Å². The average molecular weight is 381 g/mol. The zero-order chi connectivity index (χ0) is 19.2. The molecule has 0 atom stereocenters. The third-order valence-corrected chi connectivity index (χ3v) is 5.01. The first-order valence-electron chi connectivity index (χ1n) is 8.03. The summed E-state index contributed by atoms with van der Waals surface area (Å²) in [5, 5.41) is 4.74. The molecule has 27 heavy (non-hydrogen) atoms. The van der Waals surface area contributed by atoms with Gasteiger partial charge in [0.2, 0.25) is 0 Å². The highest BCUT2D eigenvalue weighted by molar-refractivity contribution is 7.89. The number of aryl methyl sites for hydroxylation is 1. The van der Waals surface area contributed by atoms with Crippen molar-refractivity contribution in [1.29, 1.82) is 0 Å². The molecule has 6 nitrogen and oxygen atoms in total. The van der Waals surface area contributed by atoms with Crippen molar-refractivity contribution < 1.29 is 12.8 Å². The number of aromatic nitrogens is 4. The van der Waals surface area contributed by atoms with Crippen LogP contribution in [0.2, 0.25) is 0 Å². The van der Waals surface area contributed by atoms with Gasteiger partial charge in [0.25, 0.3) is 10.0 Å². The van der Waals surface area contributed by atoms with Gasteiger partial charge in [0.1, 0.15) is 11.5 Å². The summed E-state index contributed by atoms with van der Waals surface area (Å²) < 4.78 is 39.0. The average Bonchev–Trinajstić information content (AvgIpc) is 3.04. The molecule has 8 heteroatoms. The quantitative estimate of drug-likeness (QED) is 0.545. The Labute approximate surface area is 155 Å². The lowest BCUT2D eigenvalue weighted by Crippen LogP contribution is -2.11. The lowest BCUT2D eigenvalue weighted by atomic mass is 10.1. The minimum atomic E-state index is -3.59. The summed E-state index contributed by atoms with van der Waals surface area (Å²) in [7, 11) is -3.59. The number of fused-ring (bicyclic) bond motifs is 1. The number of nitrogens with zero attached hydrogens (tertiary/aromatic N) is 4. The van der Waals surface area contributed by atoms with Gasteiger partial charge >= 0.3 is 0 Å². The van der Waals surface area contributed by atoms with Crippen molar-refractivity contribution in [2.45, 2.75) is 6.92 Å². The summed E-state index contributed by atoms with van der Waals surface area (Å²) >= 11 is 0. The molecule has 0 aliphatic carbocycles. The molecular weight excluding hydrogens is 367 g/mol. The molecule has 0 saturated heterocycles. The van der Waals surface area contributed by atoms with Crippen LogP contribution >= 0.6 is 0 Å². The second-order valence-corrected chi connectivity index (χ2v) is 7.99. The second kappa shape index (κ2) is 6.24. The molecule has 135 valence electrons. The van der Waals surface area contributed by atoms with Gasteiger partial charge in [-0.1, -0.05) is 17.7 Å². The molecular formula is C19H14FN4O2S. The third kappa shape index (κ3) is 3.08. The lowest BCUT2D eigenvalue weighted by Gasteiger charge is -2.05. The molecule has 4 rings (SSSR count). The molecule has 0 aliphatic rings. The fourth-order valence-corrected chi connectivity index (χ4v) is 3.59. The van der Waals surface area contributed by atoms with E-state index in [1.807, 2.05) is 6.92 Å². The Kier molecular flexibility index (Phi) is 4.00. The van der Waals surface area contributed by atoms with Crippen molar-refractivity contribution in [3.05, 3.63) is 66.2 Å². The minimum absolute atomic E-state index is 0.249. The van der Waals surface area contributed by atoms with E-state index in [9.17, 15) is 12.8 Å². The third-order valence-electron chi connectivity index (χ3n) is 4.10. The van der Waals surface area contributed by atoms with E-state index in [2.05, 4.69) is 21.1 Å². The highest BCUT2D eigenvalue weighted by atomic mass is 32.2. The van der Waals surface area contributed by atoms with E-state index >= 15 is 0 Å². The topological polar surface area (TPSA) is 77.7 Å². The summed E-state index contributed by atoms with van der Waals surface area (Å²) in [6.45, 7) is 1.87. The van der Waals surface area contributed by atoms with Crippen LogP contribution in [0.1, 0.15) is 5.56 Å². The first kappa shape index (κ1) is 17.3. The molecule has 0 fully saturated rings. The van der Waals surface area contributed by atoms with Crippen LogP contribution in [0.25, 0.3) is 33.5 Å². The van der Waals surface area contributed by atoms with Crippen LogP contribution in [-0.4, -0.2) is 33.8 Å². The van der Waals surface area contributed by atoms with E-state index in [1.54, 1.807) is 30.3 Å². The van der Waals surface area contributed by atoms with Crippen molar-refractivity contribution in [2.24, 2.45) is 0 Å². The van der Waals surface area contributed by atoms with Crippen molar-refractivity contribution in [3.8, 4) is 22.6 Å². The van der Waals surface area contributed by atoms with E-state index in [-0.39, 0.29) is 11.6 Å². The van der Waals surface area contributed by atoms with Crippen molar-refractivity contribution in [1.82, 2.24) is 19.2 Å². The Morgan fingerprint density at radius 3 is 2.59 bits per heavy atom. The van der Waals surface area contributed by atoms with Gasteiger partial charge in [-0.25, -0.2) is 22.8 Å². The summed E-state index contributed by atoms with van der Waals surface area (Å²) in [5.74, 6) is -0.114. The number of benzene rings is 2. The normalized spacial score (nSPS) is 11.8. The van der Waals surface area contributed by atoms with Gasteiger partial charge in [0.05, 0.1) is 11.8 Å². The van der Waals surface area contributed by atoms with E-state index in [0.29, 0.717) is 27.7 Å². The van der Waals surface area contributed by atoms with Crippen LogP contribution in [0.3, 0.4) is 0 Å². The SMILES string of the molecule is Cc1ccc(F)c(-c2cnc(-c3nn(S(C)(=O)=O)c4cc[c]cc34)nc2)c1. The summed E-state index contributed by atoms with van der Waals surface area (Å²) in [6.07, 6.45) is 4.07. The van der Waals surface area contributed by atoms with Crippen LogP contribution in [0.15, 0.2) is 48.8 Å². The number of hydrogen-bond donors (Lipinski definition) is 0. The molecule has 0 aliphatic heterocycles. The van der Waals surface area contributed by atoms with Crippen molar-refractivity contribution >= 4 is 20.9 Å². The maximum Gasteiger partial charge on any atom is 0.251 e. The molecule has 2 aromatic carbocycles. The highest BCUT2D eigenvalue weighted by Gasteiger charge is 2.19. The molecule has 4 aromatic rings. The second-order valence-electron chi connectivity index (χ2n) is 6.18. The molecule has 0 N–H and O–H groups in total. The molecule has 0 unspecified atom stereocenters. The van der Waals surface area contributed by atoms with Crippen molar-refractivity contribution in [3.63, 3.8) is 0 Å². The maximum atomic E-state index is 14.1. The van der Waals surface area contributed by atoms with Gasteiger partial charge in [-0.15, -0.1) is 0 Å². The predicted octanol–water partition coefficient (Wildman–Crippen LogP) is 3.22. The zero-order valence-electron chi connectivity index (χ0n) is 14.5. The largest absolute Gasteiger partial charge is 0.251 e.